The van der Waals surface area contributed by atoms with Crippen LogP contribution in [-0.2, 0) is 14.3 Å². The maximum Gasteiger partial charge on any atom is 0.446 e. The third-order valence-electron chi connectivity index (χ3n) is 6.30. The van der Waals surface area contributed by atoms with Crippen molar-refractivity contribution in [2.24, 2.45) is 0 Å². The molecule has 8 nitrogen and oxygen atoms in total. The Kier molecular flexibility index (Phi) is 6.88. The Balaban J connectivity index is 1.53. The topological polar surface area (TPSA) is 98.5 Å². The Bertz CT molecular complexity index is 1310. The molecular formula is C23H24F4N4O4S2. The molecule has 3 aromatic rings. The zero-order valence-corrected chi connectivity index (χ0v) is 21.7. The van der Waals surface area contributed by atoms with Gasteiger partial charge in [0.25, 0.3) is 0 Å². The molecule has 2 N–H and O–H groups in total. The standard InChI is InChI=1S/C23H24F4N4O4S2/c1-22(2)8-14(11(24)9-34-22)28-12-6-4-5-10-16(12)36-18(17(10)37-23(25,26)27)19-30-21(35-31-19)13-7-15(33-3)20(32)29-13/h4-6,11,13-15,28H,7-9H2,1-3H3,(H,29,32)/t11-,13+,14+,15-/m0/s1. The van der Waals surface area contributed by atoms with Crippen LogP contribution in [0.2, 0.25) is 0 Å². The van der Waals surface area contributed by atoms with Gasteiger partial charge in [-0.1, -0.05) is 17.3 Å². The Hall–Kier alpha value is -2.42. The van der Waals surface area contributed by atoms with Crippen molar-refractivity contribution in [3.05, 3.63) is 24.1 Å². The molecule has 200 valence electrons. The zero-order valence-electron chi connectivity index (χ0n) is 20.0. The average Bonchev–Trinajstić information content (AvgIpc) is 3.53. The summed E-state index contributed by atoms with van der Waals surface area (Å²) in [5.74, 6) is -0.286. The number of methoxy groups -OCH3 is 1. The van der Waals surface area contributed by atoms with Gasteiger partial charge in [-0.05, 0) is 38.1 Å². The number of aromatic nitrogens is 2. The molecular weight excluding hydrogens is 536 g/mol. The van der Waals surface area contributed by atoms with Gasteiger partial charge in [0.2, 0.25) is 17.6 Å². The van der Waals surface area contributed by atoms with Crippen LogP contribution in [0.15, 0.2) is 27.6 Å². The van der Waals surface area contributed by atoms with Crippen molar-refractivity contribution in [2.45, 2.75) is 67.1 Å². The van der Waals surface area contributed by atoms with Crippen molar-refractivity contribution in [3.63, 3.8) is 0 Å². The number of hydrogen-bond donors (Lipinski definition) is 2. The minimum Gasteiger partial charge on any atom is -0.378 e. The number of rotatable bonds is 6. The molecule has 1 aromatic carbocycles. The van der Waals surface area contributed by atoms with Crippen LogP contribution in [0.1, 0.15) is 38.6 Å². The Labute approximate surface area is 217 Å². The number of anilines is 1. The van der Waals surface area contributed by atoms with Crippen molar-refractivity contribution in [1.82, 2.24) is 15.5 Å². The van der Waals surface area contributed by atoms with E-state index in [-0.39, 0.29) is 52.2 Å². The molecule has 14 heteroatoms. The van der Waals surface area contributed by atoms with Crippen molar-refractivity contribution in [2.75, 3.05) is 19.0 Å². The summed E-state index contributed by atoms with van der Waals surface area (Å²) in [6.07, 6.45) is -1.31. The van der Waals surface area contributed by atoms with Crippen LogP contribution in [0.25, 0.3) is 20.8 Å². The van der Waals surface area contributed by atoms with Gasteiger partial charge in [0.05, 0.1) is 33.5 Å². The SMILES string of the molecule is CO[C@H]1C[C@H](c2nc(-c3sc4c(N[C@@H]5CC(C)(C)OC[C@@H]5F)cccc4c3SC(F)(F)F)no2)NC1=O. The highest BCUT2D eigenvalue weighted by molar-refractivity contribution is 8.00. The van der Waals surface area contributed by atoms with Crippen LogP contribution in [-0.4, -0.2) is 59.2 Å². The first-order valence-electron chi connectivity index (χ1n) is 11.5. The molecule has 2 aliphatic rings. The number of carbonyl (C=O) groups is 1. The van der Waals surface area contributed by atoms with Crippen molar-refractivity contribution < 1.29 is 36.4 Å². The van der Waals surface area contributed by atoms with E-state index in [9.17, 15) is 22.4 Å². The van der Waals surface area contributed by atoms with Crippen LogP contribution in [0.5, 0.6) is 0 Å². The summed E-state index contributed by atoms with van der Waals surface area (Å²) in [7, 11) is 1.40. The number of carbonyl (C=O) groups excluding carboxylic acids is 1. The largest absolute Gasteiger partial charge is 0.446 e. The number of amides is 1. The molecule has 37 heavy (non-hydrogen) atoms. The van der Waals surface area contributed by atoms with Gasteiger partial charge in [-0.25, -0.2) is 4.39 Å². The molecule has 0 bridgehead atoms. The van der Waals surface area contributed by atoms with Crippen LogP contribution in [0.4, 0.5) is 23.2 Å². The van der Waals surface area contributed by atoms with E-state index in [1.807, 2.05) is 13.8 Å². The molecule has 0 aliphatic carbocycles. The van der Waals surface area contributed by atoms with E-state index < -0.39 is 35.5 Å². The third kappa shape index (κ3) is 5.42. The number of nitrogens with zero attached hydrogens (tertiary/aromatic N) is 2. The number of thioether (sulfide) groups is 1. The molecule has 5 rings (SSSR count). The highest BCUT2D eigenvalue weighted by Gasteiger charge is 2.39. The van der Waals surface area contributed by atoms with Gasteiger partial charge in [0.15, 0.2) is 0 Å². The van der Waals surface area contributed by atoms with Crippen molar-refractivity contribution >= 4 is 44.8 Å². The molecule has 2 fully saturated rings. The number of halogens is 4. The number of benzene rings is 1. The lowest BCUT2D eigenvalue weighted by Gasteiger charge is -2.38. The summed E-state index contributed by atoms with van der Waals surface area (Å²) in [6, 6.07) is 3.73. The normalized spacial score (nSPS) is 26.0. The second-order valence-electron chi connectivity index (χ2n) is 9.51. The quantitative estimate of drug-likeness (QED) is 0.303. The second kappa shape index (κ2) is 9.71. The number of thiophene rings is 1. The summed E-state index contributed by atoms with van der Waals surface area (Å²) in [5, 5.41) is 10.1. The molecule has 2 saturated heterocycles. The van der Waals surface area contributed by atoms with E-state index in [1.165, 1.54) is 7.11 Å². The monoisotopic (exact) mass is 560 g/mol. The van der Waals surface area contributed by atoms with Gasteiger partial charge < -0.3 is 24.6 Å². The number of fused-ring (bicyclic) bond motifs is 1. The molecule has 4 heterocycles. The van der Waals surface area contributed by atoms with E-state index >= 15 is 0 Å². The van der Waals surface area contributed by atoms with E-state index in [0.717, 1.165) is 11.3 Å². The van der Waals surface area contributed by atoms with Gasteiger partial charge in [-0.2, -0.15) is 18.2 Å². The van der Waals surface area contributed by atoms with E-state index in [4.69, 9.17) is 14.0 Å². The molecule has 0 unspecified atom stereocenters. The fourth-order valence-electron chi connectivity index (χ4n) is 4.53. The first kappa shape index (κ1) is 26.2. The second-order valence-corrected chi connectivity index (χ2v) is 11.6. The number of ether oxygens (including phenoxy) is 2. The zero-order chi connectivity index (χ0) is 26.5. The summed E-state index contributed by atoms with van der Waals surface area (Å²) >= 11 is 0.798. The lowest BCUT2D eigenvalue weighted by atomic mass is 9.92. The molecule has 0 saturated carbocycles. The van der Waals surface area contributed by atoms with Crippen LogP contribution >= 0.6 is 23.1 Å². The Morgan fingerprint density at radius 3 is 2.81 bits per heavy atom. The predicted molar refractivity (Wildman–Crippen MR) is 130 cm³/mol. The average molecular weight is 561 g/mol. The third-order valence-corrected chi connectivity index (χ3v) is 8.52. The van der Waals surface area contributed by atoms with Crippen molar-refractivity contribution in [1.29, 1.82) is 0 Å². The number of nitrogens with one attached hydrogen (secondary N) is 2. The maximum absolute atomic E-state index is 14.7. The first-order valence-corrected chi connectivity index (χ1v) is 13.1. The predicted octanol–water partition coefficient (Wildman–Crippen LogP) is 5.46. The Morgan fingerprint density at radius 2 is 2.11 bits per heavy atom. The summed E-state index contributed by atoms with van der Waals surface area (Å²) in [6.45, 7) is 3.66. The fraction of sp³-hybridized carbons (Fsp3) is 0.522. The smallest absolute Gasteiger partial charge is 0.378 e. The lowest BCUT2D eigenvalue weighted by Crippen LogP contribution is -2.47. The molecule has 0 spiro atoms. The molecule has 0 radical (unpaired) electrons. The van der Waals surface area contributed by atoms with Gasteiger partial charge in [0.1, 0.15) is 18.3 Å². The Morgan fingerprint density at radius 1 is 1.32 bits per heavy atom. The van der Waals surface area contributed by atoms with E-state index in [2.05, 4.69) is 20.8 Å². The van der Waals surface area contributed by atoms with Gasteiger partial charge >= 0.3 is 5.51 Å². The van der Waals surface area contributed by atoms with Crippen molar-refractivity contribution in [3.8, 4) is 10.7 Å². The highest BCUT2D eigenvalue weighted by atomic mass is 32.2. The van der Waals surface area contributed by atoms with Crippen LogP contribution in [0, 0.1) is 0 Å². The number of alkyl halides is 4. The molecule has 1 amide bonds. The van der Waals surface area contributed by atoms with Crippen LogP contribution < -0.4 is 10.6 Å². The molecule has 2 aromatic heterocycles. The van der Waals surface area contributed by atoms with Crippen LogP contribution in [0.3, 0.4) is 0 Å². The minimum atomic E-state index is -4.57. The number of hydrogen-bond acceptors (Lipinski definition) is 9. The fourth-order valence-corrected chi connectivity index (χ4v) is 6.64. The highest BCUT2D eigenvalue weighted by Crippen LogP contribution is 2.51. The van der Waals surface area contributed by atoms with E-state index in [1.54, 1.807) is 18.2 Å². The lowest BCUT2D eigenvalue weighted by molar-refractivity contribution is -0.127. The van der Waals surface area contributed by atoms with Gasteiger partial charge in [0, 0.05) is 23.8 Å². The summed E-state index contributed by atoms with van der Waals surface area (Å²) < 4.78 is 71.9. The molecule has 4 atom stereocenters. The minimum absolute atomic E-state index is 0.0282. The van der Waals surface area contributed by atoms with Gasteiger partial charge in [-0.3, -0.25) is 4.79 Å². The van der Waals surface area contributed by atoms with E-state index in [0.29, 0.717) is 22.2 Å². The first-order chi connectivity index (χ1) is 17.4. The summed E-state index contributed by atoms with van der Waals surface area (Å²) in [4.78, 5) is 16.4. The molecule has 2 aliphatic heterocycles. The summed E-state index contributed by atoms with van der Waals surface area (Å²) in [5.41, 5.74) is -4.60. The van der Waals surface area contributed by atoms with Gasteiger partial charge in [-0.15, -0.1) is 11.3 Å². The maximum atomic E-state index is 14.7.